The molecule has 2 heterocycles. The molecule has 0 N–H and O–H groups in total. The number of fused-ring (bicyclic) bond motifs is 2. The van der Waals surface area contributed by atoms with Crippen molar-refractivity contribution in [1.29, 1.82) is 0 Å². The fraction of sp³-hybridized carbons (Fsp3) is 0.381. The van der Waals surface area contributed by atoms with Crippen molar-refractivity contribution in [3.8, 4) is 5.75 Å². The summed E-state index contributed by atoms with van der Waals surface area (Å²) in [7, 11) is -3.36. The smallest absolute Gasteiger partial charge is 0.339 e. The van der Waals surface area contributed by atoms with Gasteiger partial charge in [0.1, 0.15) is 11.4 Å². The number of para-hydroxylation sites is 1. The minimum absolute atomic E-state index is 0.0448. The Kier molecular flexibility index (Phi) is 5.12. The predicted octanol–water partition coefficient (Wildman–Crippen LogP) is 2.95. The van der Waals surface area contributed by atoms with E-state index in [1.807, 2.05) is 48.5 Å². The molecule has 28 heavy (non-hydrogen) atoms. The number of benzene rings is 2. The van der Waals surface area contributed by atoms with Crippen LogP contribution in [0.15, 0.2) is 54.6 Å². The molecular weight excluding hydrogens is 378 g/mol. The maximum Gasteiger partial charge on any atom is 0.339 e. The van der Waals surface area contributed by atoms with Crippen molar-refractivity contribution >= 4 is 16.0 Å². The lowest BCUT2D eigenvalue weighted by Crippen LogP contribution is -2.46. The van der Waals surface area contributed by atoms with Gasteiger partial charge in [0.15, 0.2) is 0 Å². The number of nitrogens with zero attached hydrogens (tertiary/aromatic N) is 1. The van der Waals surface area contributed by atoms with Gasteiger partial charge in [-0.15, -0.1) is 0 Å². The largest absolute Gasteiger partial charge is 0.494 e. The Hall–Kier alpha value is -2.38. The zero-order valence-electron chi connectivity index (χ0n) is 15.5. The van der Waals surface area contributed by atoms with E-state index in [1.54, 1.807) is 6.07 Å². The first-order chi connectivity index (χ1) is 13.5. The van der Waals surface area contributed by atoms with Crippen molar-refractivity contribution < 1.29 is 22.7 Å². The van der Waals surface area contributed by atoms with Gasteiger partial charge in [0.25, 0.3) is 0 Å². The summed E-state index contributed by atoms with van der Waals surface area (Å²) in [5, 5.41) is 0. The topological polar surface area (TPSA) is 72.9 Å². The van der Waals surface area contributed by atoms with Gasteiger partial charge >= 0.3 is 5.97 Å². The Morgan fingerprint density at radius 1 is 1.00 bits per heavy atom. The molecule has 4 rings (SSSR count). The third kappa shape index (κ3) is 3.64. The van der Waals surface area contributed by atoms with Crippen LogP contribution >= 0.6 is 0 Å². The van der Waals surface area contributed by atoms with Crippen LogP contribution in [0.25, 0.3) is 0 Å². The Labute approximate surface area is 165 Å². The molecule has 0 radical (unpaired) electrons. The molecule has 0 atom stereocenters. The molecule has 148 valence electrons. The molecule has 6 nitrogen and oxygen atoms in total. The maximum absolute atomic E-state index is 12.7. The summed E-state index contributed by atoms with van der Waals surface area (Å²) in [5.41, 5.74) is 0.793. The number of rotatable bonds is 6. The SMILES string of the molecule is O=C1OC2(CCN(S(=O)(=O)CCCOc3ccccc3)CC2)c2ccccc21. The van der Waals surface area contributed by atoms with E-state index in [2.05, 4.69) is 0 Å². The van der Waals surface area contributed by atoms with Crippen LogP contribution < -0.4 is 4.74 Å². The van der Waals surface area contributed by atoms with E-state index in [0.717, 1.165) is 11.3 Å². The van der Waals surface area contributed by atoms with Crippen LogP contribution in [0.3, 0.4) is 0 Å². The van der Waals surface area contributed by atoms with Gasteiger partial charge in [-0.05, 0) is 24.6 Å². The molecule has 1 saturated heterocycles. The minimum atomic E-state index is -3.36. The molecule has 0 aliphatic carbocycles. The average Bonchev–Trinajstić information content (AvgIpc) is 2.98. The third-order valence-electron chi connectivity index (χ3n) is 5.41. The van der Waals surface area contributed by atoms with E-state index in [4.69, 9.17) is 9.47 Å². The summed E-state index contributed by atoms with van der Waals surface area (Å²) in [6.07, 6.45) is 1.39. The molecule has 0 aromatic heterocycles. The van der Waals surface area contributed by atoms with Gasteiger partial charge in [0.2, 0.25) is 10.0 Å². The lowest BCUT2D eigenvalue weighted by molar-refractivity contribution is -0.0329. The van der Waals surface area contributed by atoms with Gasteiger partial charge in [-0.1, -0.05) is 36.4 Å². The number of esters is 1. The molecule has 2 aromatic rings. The van der Waals surface area contributed by atoms with Gasteiger partial charge < -0.3 is 9.47 Å². The predicted molar refractivity (Wildman–Crippen MR) is 105 cm³/mol. The standard InChI is InChI=1S/C21H23NO5S/c23-20-18-9-4-5-10-19(18)21(27-20)11-13-22(14-12-21)28(24,25)16-6-15-26-17-7-2-1-3-8-17/h1-5,7-10H,6,11-16H2. The zero-order valence-corrected chi connectivity index (χ0v) is 16.4. The van der Waals surface area contributed by atoms with Crippen molar-refractivity contribution in [1.82, 2.24) is 4.31 Å². The second-order valence-corrected chi connectivity index (χ2v) is 9.25. The van der Waals surface area contributed by atoms with Crippen molar-refractivity contribution in [2.75, 3.05) is 25.4 Å². The third-order valence-corrected chi connectivity index (χ3v) is 7.36. The number of ether oxygens (including phenoxy) is 2. The number of hydrogen-bond acceptors (Lipinski definition) is 5. The van der Waals surface area contributed by atoms with Gasteiger partial charge in [-0.2, -0.15) is 0 Å². The van der Waals surface area contributed by atoms with Crippen LogP contribution in [0.1, 0.15) is 35.2 Å². The Morgan fingerprint density at radius 2 is 1.68 bits per heavy atom. The normalized spacial score (nSPS) is 18.6. The monoisotopic (exact) mass is 401 g/mol. The Bertz CT molecular complexity index is 950. The molecule has 2 aliphatic rings. The quantitative estimate of drug-likeness (QED) is 0.550. The van der Waals surface area contributed by atoms with Crippen LogP contribution in [0.5, 0.6) is 5.75 Å². The molecule has 1 fully saturated rings. The second kappa shape index (κ2) is 7.56. The molecule has 0 amide bonds. The Morgan fingerprint density at radius 3 is 2.43 bits per heavy atom. The summed E-state index contributed by atoms with van der Waals surface area (Å²) < 4.78 is 38.1. The van der Waals surface area contributed by atoms with Crippen LogP contribution in [-0.4, -0.2) is 44.1 Å². The Balaban J connectivity index is 1.33. The first-order valence-electron chi connectivity index (χ1n) is 9.49. The van der Waals surface area contributed by atoms with E-state index in [-0.39, 0.29) is 11.7 Å². The number of piperidine rings is 1. The van der Waals surface area contributed by atoms with Gasteiger partial charge in [0.05, 0.1) is 17.9 Å². The average molecular weight is 401 g/mol. The van der Waals surface area contributed by atoms with Gasteiger partial charge in [-0.3, -0.25) is 0 Å². The number of carbonyl (C=O) groups is 1. The lowest BCUT2D eigenvalue weighted by Gasteiger charge is -2.37. The lowest BCUT2D eigenvalue weighted by atomic mass is 9.84. The van der Waals surface area contributed by atoms with Gasteiger partial charge in [0, 0.05) is 31.5 Å². The molecule has 1 spiro atoms. The molecule has 0 saturated carbocycles. The number of hydrogen-bond donors (Lipinski definition) is 0. The molecule has 2 aliphatic heterocycles. The maximum atomic E-state index is 12.7. The highest BCUT2D eigenvalue weighted by atomic mass is 32.2. The molecule has 0 unspecified atom stereocenters. The van der Waals surface area contributed by atoms with E-state index in [9.17, 15) is 13.2 Å². The van der Waals surface area contributed by atoms with Crippen LogP contribution in [-0.2, 0) is 20.4 Å². The minimum Gasteiger partial charge on any atom is -0.494 e. The summed E-state index contributed by atoms with van der Waals surface area (Å²) in [4.78, 5) is 12.1. The van der Waals surface area contributed by atoms with Crippen molar-refractivity contribution in [2.24, 2.45) is 0 Å². The zero-order chi connectivity index (χ0) is 19.6. The highest BCUT2D eigenvalue weighted by Gasteiger charge is 2.48. The van der Waals surface area contributed by atoms with Crippen molar-refractivity contribution in [3.63, 3.8) is 0 Å². The number of carbonyl (C=O) groups excluding carboxylic acids is 1. The fourth-order valence-corrected chi connectivity index (χ4v) is 5.40. The molecule has 0 bridgehead atoms. The van der Waals surface area contributed by atoms with Crippen LogP contribution in [0.4, 0.5) is 0 Å². The van der Waals surface area contributed by atoms with E-state index in [0.29, 0.717) is 44.5 Å². The van der Waals surface area contributed by atoms with Crippen LogP contribution in [0.2, 0.25) is 0 Å². The van der Waals surface area contributed by atoms with E-state index >= 15 is 0 Å². The van der Waals surface area contributed by atoms with E-state index < -0.39 is 15.6 Å². The summed E-state index contributed by atoms with van der Waals surface area (Å²) in [6, 6.07) is 16.7. The van der Waals surface area contributed by atoms with Crippen molar-refractivity contribution in [2.45, 2.75) is 24.9 Å². The summed E-state index contributed by atoms with van der Waals surface area (Å²) in [5.74, 6) is 0.468. The number of sulfonamides is 1. The van der Waals surface area contributed by atoms with Gasteiger partial charge in [-0.25, -0.2) is 17.5 Å². The second-order valence-electron chi connectivity index (χ2n) is 7.16. The molecule has 7 heteroatoms. The first-order valence-corrected chi connectivity index (χ1v) is 11.1. The summed E-state index contributed by atoms with van der Waals surface area (Å²) in [6.45, 7) is 1.05. The highest BCUT2D eigenvalue weighted by Crippen LogP contribution is 2.44. The highest BCUT2D eigenvalue weighted by molar-refractivity contribution is 7.89. The first kappa shape index (κ1) is 19.0. The van der Waals surface area contributed by atoms with Crippen molar-refractivity contribution in [3.05, 3.63) is 65.7 Å². The fourth-order valence-electron chi connectivity index (χ4n) is 3.92. The van der Waals surface area contributed by atoms with E-state index in [1.165, 1.54) is 4.31 Å². The summed E-state index contributed by atoms with van der Waals surface area (Å²) >= 11 is 0. The molecular formula is C21H23NO5S. The molecule has 2 aromatic carbocycles. The van der Waals surface area contributed by atoms with Crippen LogP contribution in [0, 0.1) is 0 Å².